The van der Waals surface area contributed by atoms with Crippen molar-refractivity contribution in [2.24, 2.45) is 5.92 Å². The Labute approximate surface area is 168 Å². The number of carbonyl (C=O) groups is 1. The fourth-order valence-corrected chi connectivity index (χ4v) is 4.15. The maximum Gasteiger partial charge on any atom is 0.224 e. The number of nitrogens with zero attached hydrogens (tertiary/aromatic N) is 3. The molecule has 0 spiro atoms. The fourth-order valence-electron chi connectivity index (χ4n) is 3.37. The van der Waals surface area contributed by atoms with Crippen LogP contribution < -0.4 is 10.6 Å². The molecule has 3 aromatic rings. The van der Waals surface area contributed by atoms with Gasteiger partial charge in [0.25, 0.3) is 0 Å². The molecule has 0 radical (unpaired) electrons. The summed E-state index contributed by atoms with van der Waals surface area (Å²) in [7, 11) is 0. The molecule has 1 saturated heterocycles. The molecule has 1 amide bonds. The molecule has 1 unspecified atom stereocenters. The zero-order chi connectivity index (χ0) is 19.2. The van der Waals surface area contributed by atoms with Crippen molar-refractivity contribution in [3.8, 4) is 10.7 Å². The van der Waals surface area contributed by atoms with Crippen molar-refractivity contribution in [2.45, 2.75) is 25.8 Å². The molecule has 0 saturated carbocycles. The Hall–Kier alpha value is -2.64. The Morgan fingerprint density at radius 3 is 2.82 bits per heavy atom. The van der Waals surface area contributed by atoms with E-state index in [2.05, 4.69) is 49.9 Å². The zero-order valence-corrected chi connectivity index (χ0v) is 16.4. The average molecular weight is 394 g/mol. The highest BCUT2D eigenvalue weighted by Crippen LogP contribution is 2.20. The first kappa shape index (κ1) is 18.7. The molecule has 1 atom stereocenters. The molecule has 7 heteroatoms. The monoisotopic (exact) mass is 393 g/mol. The molecule has 4 rings (SSSR count). The summed E-state index contributed by atoms with van der Waals surface area (Å²) in [4.78, 5) is 25.1. The molecule has 0 aliphatic carbocycles. The third-order valence-electron chi connectivity index (χ3n) is 4.88. The molecule has 1 fully saturated rings. The SMILES string of the molecule is O=C(Cc1ccc(CC2CCNC2)cc1)NCc1csc(-c2cnccn2)n1. The Kier molecular flexibility index (Phi) is 6.04. The van der Waals surface area contributed by atoms with Crippen LogP contribution in [0.2, 0.25) is 0 Å². The first-order valence-electron chi connectivity index (χ1n) is 9.52. The van der Waals surface area contributed by atoms with Crippen LogP contribution in [0.4, 0.5) is 0 Å². The lowest BCUT2D eigenvalue weighted by Gasteiger charge is -2.09. The molecule has 6 nitrogen and oxygen atoms in total. The zero-order valence-electron chi connectivity index (χ0n) is 15.6. The maximum atomic E-state index is 12.3. The standard InChI is InChI=1S/C21H23N5OS/c27-20(10-16-3-1-15(2-4-16)9-17-5-6-22-11-17)25-12-18-14-28-21(26-18)19-13-23-7-8-24-19/h1-4,7-8,13-14,17,22H,5-6,9-12H2,(H,25,27). The van der Waals surface area contributed by atoms with Gasteiger partial charge in [-0.3, -0.25) is 14.8 Å². The van der Waals surface area contributed by atoms with E-state index in [0.717, 1.165) is 47.4 Å². The van der Waals surface area contributed by atoms with E-state index < -0.39 is 0 Å². The topological polar surface area (TPSA) is 79.8 Å². The van der Waals surface area contributed by atoms with Crippen LogP contribution in [-0.2, 0) is 24.2 Å². The van der Waals surface area contributed by atoms with Crippen molar-refractivity contribution in [1.29, 1.82) is 0 Å². The fraction of sp³-hybridized carbons (Fsp3) is 0.333. The highest BCUT2D eigenvalue weighted by atomic mass is 32.1. The number of hydrogen-bond acceptors (Lipinski definition) is 6. The molecular weight excluding hydrogens is 370 g/mol. The van der Waals surface area contributed by atoms with E-state index in [1.165, 1.54) is 23.3 Å². The van der Waals surface area contributed by atoms with Gasteiger partial charge >= 0.3 is 0 Å². The molecule has 1 aliphatic heterocycles. The van der Waals surface area contributed by atoms with Crippen LogP contribution in [0.3, 0.4) is 0 Å². The van der Waals surface area contributed by atoms with Crippen LogP contribution in [-0.4, -0.2) is 33.9 Å². The van der Waals surface area contributed by atoms with Crippen LogP contribution in [0.1, 0.15) is 23.2 Å². The minimum Gasteiger partial charge on any atom is -0.350 e. The number of aromatic nitrogens is 3. The minimum atomic E-state index is 0.00166. The number of rotatable bonds is 7. The number of hydrogen-bond donors (Lipinski definition) is 2. The van der Waals surface area contributed by atoms with Gasteiger partial charge in [0.1, 0.15) is 10.7 Å². The Morgan fingerprint density at radius 2 is 2.07 bits per heavy atom. The highest BCUT2D eigenvalue weighted by Gasteiger charge is 2.14. The largest absolute Gasteiger partial charge is 0.350 e. The third kappa shape index (κ3) is 4.99. The third-order valence-corrected chi connectivity index (χ3v) is 5.79. The molecule has 0 bridgehead atoms. The summed E-state index contributed by atoms with van der Waals surface area (Å²) in [5.41, 5.74) is 3.96. The molecule has 28 heavy (non-hydrogen) atoms. The predicted octanol–water partition coefficient (Wildman–Crippen LogP) is 2.61. The number of carbonyl (C=O) groups excluding carboxylic acids is 1. The maximum absolute atomic E-state index is 12.3. The first-order chi connectivity index (χ1) is 13.8. The van der Waals surface area contributed by atoms with Crippen LogP contribution in [0, 0.1) is 5.92 Å². The lowest BCUT2D eigenvalue weighted by atomic mass is 9.97. The van der Waals surface area contributed by atoms with E-state index in [9.17, 15) is 4.79 Å². The first-order valence-corrected chi connectivity index (χ1v) is 10.4. The van der Waals surface area contributed by atoms with Gasteiger partial charge in [-0.15, -0.1) is 11.3 Å². The Morgan fingerprint density at radius 1 is 1.21 bits per heavy atom. The summed E-state index contributed by atoms with van der Waals surface area (Å²) in [5.74, 6) is 0.737. The molecular formula is C21H23N5OS. The van der Waals surface area contributed by atoms with Gasteiger partial charge in [0.15, 0.2) is 0 Å². The quantitative estimate of drug-likeness (QED) is 0.645. The lowest BCUT2D eigenvalue weighted by molar-refractivity contribution is -0.120. The highest BCUT2D eigenvalue weighted by molar-refractivity contribution is 7.13. The van der Waals surface area contributed by atoms with Gasteiger partial charge in [-0.2, -0.15) is 0 Å². The van der Waals surface area contributed by atoms with E-state index in [1.807, 2.05) is 5.38 Å². The lowest BCUT2D eigenvalue weighted by Crippen LogP contribution is -2.24. The summed E-state index contributed by atoms with van der Waals surface area (Å²) < 4.78 is 0. The van der Waals surface area contributed by atoms with Crippen molar-refractivity contribution < 1.29 is 4.79 Å². The van der Waals surface area contributed by atoms with E-state index in [0.29, 0.717) is 13.0 Å². The number of amides is 1. The molecule has 2 N–H and O–H groups in total. The second-order valence-electron chi connectivity index (χ2n) is 7.07. The van der Waals surface area contributed by atoms with Crippen molar-refractivity contribution in [3.05, 3.63) is 65.1 Å². The van der Waals surface area contributed by atoms with Crippen LogP contribution in [0.15, 0.2) is 48.2 Å². The van der Waals surface area contributed by atoms with Crippen LogP contribution in [0.25, 0.3) is 10.7 Å². The van der Waals surface area contributed by atoms with E-state index in [-0.39, 0.29) is 5.91 Å². The van der Waals surface area contributed by atoms with Crippen molar-refractivity contribution in [2.75, 3.05) is 13.1 Å². The van der Waals surface area contributed by atoms with E-state index in [1.54, 1.807) is 18.6 Å². The van der Waals surface area contributed by atoms with Crippen molar-refractivity contribution in [1.82, 2.24) is 25.6 Å². The van der Waals surface area contributed by atoms with Crippen molar-refractivity contribution >= 4 is 17.2 Å². The summed E-state index contributed by atoms with van der Waals surface area (Å²) in [5, 5.41) is 9.10. The van der Waals surface area contributed by atoms with Crippen LogP contribution in [0.5, 0.6) is 0 Å². The van der Waals surface area contributed by atoms with E-state index >= 15 is 0 Å². The van der Waals surface area contributed by atoms with Gasteiger partial charge < -0.3 is 10.6 Å². The number of nitrogens with one attached hydrogen (secondary N) is 2. The summed E-state index contributed by atoms with van der Waals surface area (Å²) >= 11 is 1.50. The molecule has 144 valence electrons. The molecule has 1 aliphatic rings. The van der Waals surface area contributed by atoms with Gasteiger partial charge in [0.2, 0.25) is 5.91 Å². The summed E-state index contributed by atoms with van der Waals surface area (Å²) in [6.45, 7) is 2.66. The smallest absolute Gasteiger partial charge is 0.224 e. The normalized spacial score (nSPS) is 16.2. The summed E-state index contributed by atoms with van der Waals surface area (Å²) in [6.07, 6.45) is 7.71. The Balaban J connectivity index is 1.26. The van der Waals surface area contributed by atoms with Crippen LogP contribution >= 0.6 is 11.3 Å². The van der Waals surface area contributed by atoms with Gasteiger partial charge in [-0.05, 0) is 43.0 Å². The van der Waals surface area contributed by atoms with Gasteiger partial charge in [0.05, 0.1) is 24.9 Å². The van der Waals surface area contributed by atoms with Gasteiger partial charge in [0, 0.05) is 17.8 Å². The second kappa shape index (κ2) is 9.03. The minimum absolute atomic E-state index is 0.00166. The second-order valence-corrected chi connectivity index (χ2v) is 7.93. The molecule has 3 heterocycles. The predicted molar refractivity (Wildman–Crippen MR) is 110 cm³/mol. The van der Waals surface area contributed by atoms with E-state index in [4.69, 9.17) is 0 Å². The Bertz CT molecular complexity index is 904. The number of benzene rings is 1. The van der Waals surface area contributed by atoms with Crippen molar-refractivity contribution in [3.63, 3.8) is 0 Å². The number of thiazole rings is 1. The average Bonchev–Trinajstić information content (AvgIpc) is 3.41. The molecule has 2 aromatic heterocycles. The van der Waals surface area contributed by atoms with Gasteiger partial charge in [-0.25, -0.2) is 4.98 Å². The van der Waals surface area contributed by atoms with Gasteiger partial charge in [-0.1, -0.05) is 24.3 Å². The molecule has 1 aromatic carbocycles. The summed E-state index contributed by atoms with van der Waals surface area (Å²) in [6, 6.07) is 8.42.